The van der Waals surface area contributed by atoms with Crippen molar-refractivity contribution < 1.29 is 9.90 Å². The first-order valence-corrected chi connectivity index (χ1v) is 5.35. The Kier molecular flexibility index (Phi) is 2.72. The zero-order valence-electron chi connectivity index (χ0n) is 9.26. The quantitative estimate of drug-likeness (QED) is 0.755. The van der Waals surface area contributed by atoms with Gasteiger partial charge in [-0.3, -0.25) is 9.48 Å². The molecule has 3 N–H and O–H groups in total. The molecule has 0 amide bonds. The van der Waals surface area contributed by atoms with Gasteiger partial charge in [-0.25, -0.2) is 0 Å². The second kappa shape index (κ2) is 4.03. The summed E-state index contributed by atoms with van der Waals surface area (Å²) in [5.41, 5.74) is 6.43. The number of nitrogen functional groups attached to an aromatic ring is 1. The van der Waals surface area contributed by atoms with E-state index in [-0.39, 0.29) is 5.92 Å². The van der Waals surface area contributed by atoms with E-state index in [0.717, 1.165) is 19.4 Å². The van der Waals surface area contributed by atoms with Crippen LogP contribution >= 0.6 is 0 Å². The van der Waals surface area contributed by atoms with Gasteiger partial charge in [0.25, 0.3) is 0 Å². The third-order valence-corrected chi connectivity index (χ3v) is 2.91. The van der Waals surface area contributed by atoms with E-state index in [1.54, 1.807) is 17.9 Å². The normalized spacial score (nSPS) is 21.1. The zero-order chi connectivity index (χ0) is 11.7. The maximum absolute atomic E-state index is 10.9. The summed E-state index contributed by atoms with van der Waals surface area (Å²) in [6, 6.07) is 0. The summed E-state index contributed by atoms with van der Waals surface area (Å²) in [6.07, 6.45) is 3.34. The molecule has 2 heterocycles. The number of carboxylic acid groups (broad SMARTS) is 1. The molecule has 0 bridgehead atoms. The average Bonchev–Trinajstić information content (AvgIpc) is 2.58. The zero-order valence-corrected chi connectivity index (χ0v) is 9.26. The second-order valence-corrected chi connectivity index (χ2v) is 4.21. The van der Waals surface area contributed by atoms with E-state index in [0.29, 0.717) is 18.1 Å². The molecule has 1 aromatic rings. The number of hydrogen-bond acceptors (Lipinski definition) is 4. The molecule has 1 fully saturated rings. The molecule has 0 saturated carbocycles. The van der Waals surface area contributed by atoms with Crippen molar-refractivity contribution in [3.05, 3.63) is 6.20 Å². The average molecular weight is 224 g/mol. The summed E-state index contributed by atoms with van der Waals surface area (Å²) in [5.74, 6) is -0.345. The number of rotatable bonds is 2. The third kappa shape index (κ3) is 1.95. The minimum atomic E-state index is -0.737. The molecular weight excluding hydrogens is 208 g/mol. The largest absolute Gasteiger partial charge is 0.481 e. The highest BCUT2D eigenvalue weighted by atomic mass is 16.4. The summed E-state index contributed by atoms with van der Waals surface area (Å²) < 4.78 is 1.65. The molecular formula is C10H16N4O2. The molecule has 0 spiro atoms. The van der Waals surface area contributed by atoms with Crippen molar-refractivity contribution in [3.63, 3.8) is 0 Å². The van der Waals surface area contributed by atoms with Crippen molar-refractivity contribution in [2.75, 3.05) is 23.7 Å². The minimum absolute atomic E-state index is 0.310. The Morgan fingerprint density at radius 3 is 3.00 bits per heavy atom. The van der Waals surface area contributed by atoms with Crippen molar-refractivity contribution in [1.82, 2.24) is 9.78 Å². The smallest absolute Gasteiger partial charge is 0.308 e. The fourth-order valence-corrected chi connectivity index (χ4v) is 2.11. The maximum atomic E-state index is 10.9. The van der Waals surface area contributed by atoms with E-state index in [1.165, 1.54) is 0 Å². The van der Waals surface area contributed by atoms with Crippen LogP contribution in [0.2, 0.25) is 0 Å². The molecule has 88 valence electrons. The Morgan fingerprint density at radius 2 is 2.44 bits per heavy atom. The lowest BCUT2D eigenvalue weighted by molar-refractivity contribution is -0.141. The number of hydrogen-bond donors (Lipinski definition) is 2. The van der Waals surface area contributed by atoms with Gasteiger partial charge in [-0.15, -0.1) is 0 Å². The Bertz CT molecular complexity index is 402. The van der Waals surface area contributed by atoms with E-state index >= 15 is 0 Å². The molecule has 1 aliphatic rings. The van der Waals surface area contributed by atoms with Gasteiger partial charge in [0.1, 0.15) is 0 Å². The summed E-state index contributed by atoms with van der Waals surface area (Å²) in [7, 11) is 1.80. The number of anilines is 2. The van der Waals surface area contributed by atoms with Gasteiger partial charge >= 0.3 is 5.97 Å². The van der Waals surface area contributed by atoms with Crippen LogP contribution in [-0.2, 0) is 11.8 Å². The molecule has 0 unspecified atom stereocenters. The number of nitrogens with two attached hydrogens (primary N) is 1. The Morgan fingerprint density at radius 1 is 1.69 bits per heavy atom. The number of piperidine rings is 1. The first-order valence-electron chi connectivity index (χ1n) is 5.35. The van der Waals surface area contributed by atoms with Crippen molar-refractivity contribution in [1.29, 1.82) is 0 Å². The molecule has 1 aliphatic heterocycles. The van der Waals surface area contributed by atoms with Gasteiger partial charge in [0, 0.05) is 26.3 Å². The number of aromatic nitrogens is 2. The first-order chi connectivity index (χ1) is 7.58. The van der Waals surface area contributed by atoms with Crippen LogP contribution in [0.4, 0.5) is 11.5 Å². The Labute approximate surface area is 93.6 Å². The van der Waals surface area contributed by atoms with Gasteiger partial charge in [-0.2, -0.15) is 5.10 Å². The standard InChI is InChI=1S/C10H16N4O2/c1-13-6-8(11)9(12-13)14-4-2-3-7(5-14)10(15)16/h6-7H,2-5,11H2,1H3,(H,15,16)/t7-/m1/s1. The number of aryl methyl sites for hydroxylation is 1. The first kappa shape index (κ1) is 10.8. The highest BCUT2D eigenvalue weighted by molar-refractivity contribution is 5.72. The molecule has 0 radical (unpaired) electrons. The topological polar surface area (TPSA) is 84.4 Å². The van der Waals surface area contributed by atoms with Gasteiger partial charge in [0.2, 0.25) is 0 Å². The molecule has 2 rings (SSSR count). The SMILES string of the molecule is Cn1cc(N)c(N2CCC[C@@H](C(=O)O)C2)n1. The van der Waals surface area contributed by atoms with Crippen LogP contribution in [0, 0.1) is 5.92 Å². The third-order valence-electron chi connectivity index (χ3n) is 2.91. The molecule has 0 aromatic carbocycles. The van der Waals surface area contributed by atoms with Crippen LogP contribution in [0.5, 0.6) is 0 Å². The summed E-state index contributed by atoms with van der Waals surface area (Å²) in [4.78, 5) is 12.9. The van der Waals surface area contributed by atoms with Gasteiger partial charge < -0.3 is 15.7 Å². The summed E-state index contributed by atoms with van der Waals surface area (Å²) in [5, 5.41) is 13.2. The van der Waals surface area contributed by atoms with Crippen molar-refractivity contribution >= 4 is 17.5 Å². The fraction of sp³-hybridized carbons (Fsp3) is 0.600. The molecule has 0 aliphatic carbocycles. The highest BCUT2D eigenvalue weighted by Crippen LogP contribution is 2.26. The van der Waals surface area contributed by atoms with Crippen molar-refractivity contribution in [2.24, 2.45) is 13.0 Å². The lowest BCUT2D eigenvalue weighted by atomic mass is 9.98. The monoisotopic (exact) mass is 224 g/mol. The van der Waals surface area contributed by atoms with Crippen LogP contribution in [0.25, 0.3) is 0 Å². The van der Waals surface area contributed by atoms with Gasteiger partial charge in [-0.05, 0) is 12.8 Å². The lowest BCUT2D eigenvalue weighted by Gasteiger charge is -2.30. The molecule has 1 aromatic heterocycles. The molecule has 16 heavy (non-hydrogen) atoms. The van der Waals surface area contributed by atoms with Crippen LogP contribution in [0.15, 0.2) is 6.20 Å². The highest BCUT2D eigenvalue weighted by Gasteiger charge is 2.27. The minimum Gasteiger partial charge on any atom is -0.481 e. The lowest BCUT2D eigenvalue weighted by Crippen LogP contribution is -2.39. The maximum Gasteiger partial charge on any atom is 0.308 e. The Hall–Kier alpha value is -1.72. The number of aliphatic carboxylic acids is 1. The van der Waals surface area contributed by atoms with Gasteiger partial charge in [0.05, 0.1) is 11.6 Å². The van der Waals surface area contributed by atoms with Crippen LogP contribution in [-0.4, -0.2) is 33.9 Å². The summed E-state index contributed by atoms with van der Waals surface area (Å²) in [6.45, 7) is 1.32. The molecule has 1 saturated heterocycles. The Balaban J connectivity index is 2.15. The van der Waals surface area contributed by atoms with Crippen LogP contribution in [0.1, 0.15) is 12.8 Å². The van der Waals surface area contributed by atoms with E-state index in [9.17, 15) is 4.79 Å². The number of carboxylic acids is 1. The van der Waals surface area contributed by atoms with Gasteiger partial charge in [0.15, 0.2) is 5.82 Å². The van der Waals surface area contributed by atoms with Crippen LogP contribution < -0.4 is 10.6 Å². The summed E-state index contributed by atoms with van der Waals surface area (Å²) >= 11 is 0. The van der Waals surface area contributed by atoms with Crippen LogP contribution in [0.3, 0.4) is 0 Å². The van der Waals surface area contributed by atoms with Crippen molar-refractivity contribution in [3.8, 4) is 0 Å². The fourth-order valence-electron chi connectivity index (χ4n) is 2.11. The number of carbonyl (C=O) groups is 1. The van der Waals surface area contributed by atoms with Crippen molar-refractivity contribution in [2.45, 2.75) is 12.8 Å². The molecule has 1 atom stereocenters. The predicted octanol–water partition coefficient (Wildman–Crippen LogP) is 0.303. The number of nitrogens with zero attached hydrogens (tertiary/aromatic N) is 3. The molecule has 6 heteroatoms. The van der Waals surface area contributed by atoms with E-state index in [1.807, 2.05) is 4.90 Å². The predicted molar refractivity (Wildman–Crippen MR) is 60.2 cm³/mol. The molecule has 6 nitrogen and oxygen atoms in total. The second-order valence-electron chi connectivity index (χ2n) is 4.21. The van der Waals surface area contributed by atoms with E-state index < -0.39 is 5.97 Å². The van der Waals surface area contributed by atoms with E-state index in [2.05, 4.69) is 5.10 Å². The van der Waals surface area contributed by atoms with E-state index in [4.69, 9.17) is 10.8 Å². The van der Waals surface area contributed by atoms with Gasteiger partial charge in [-0.1, -0.05) is 0 Å².